The Kier molecular flexibility index (Phi) is 4.86. The third kappa shape index (κ3) is 2.83. The zero-order valence-electron chi connectivity index (χ0n) is 16.8. The van der Waals surface area contributed by atoms with Gasteiger partial charge in [0.2, 0.25) is 0 Å². The van der Waals surface area contributed by atoms with Gasteiger partial charge in [0.1, 0.15) is 11.0 Å². The molecule has 4 rings (SSSR count). The first-order valence-corrected chi connectivity index (χ1v) is 9.86. The van der Waals surface area contributed by atoms with E-state index < -0.39 is 11.0 Å². The van der Waals surface area contributed by atoms with Crippen molar-refractivity contribution in [2.75, 3.05) is 33.4 Å². The monoisotopic (exact) mass is 398 g/mol. The highest BCUT2D eigenvalue weighted by Crippen LogP contribution is 2.52. The molecular formula is C22H26N2O5. The molecule has 7 heteroatoms. The quantitative estimate of drug-likeness (QED) is 0.633. The Balaban J connectivity index is 1.78. The molecule has 2 aliphatic rings. The van der Waals surface area contributed by atoms with Crippen LogP contribution in [0.15, 0.2) is 43.0 Å². The molecule has 0 spiro atoms. The van der Waals surface area contributed by atoms with Crippen molar-refractivity contribution < 1.29 is 23.8 Å². The highest BCUT2D eigenvalue weighted by molar-refractivity contribution is 5.88. The molecule has 29 heavy (non-hydrogen) atoms. The number of aromatic nitrogens is 1. The first-order valence-electron chi connectivity index (χ1n) is 9.86. The van der Waals surface area contributed by atoms with Crippen LogP contribution in [0, 0.1) is 5.92 Å². The predicted octanol–water partition coefficient (Wildman–Crippen LogP) is 3.01. The zero-order chi connectivity index (χ0) is 20.6. The summed E-state index contributed by atoms with van der Waals surface area (Å²) in [7, 11) is 1.40. The number of ether oxygens (including phenoxy) is 3. The Labute approximate surface area is 169 Å². The third-order valence-corrected chi connectivity index (χ3v) is 6.31. The Morgan fingerprint density at radius 3 is 2.90 bits per heavy atom. The van der Waals surface area contributed by atoms with Crippen molar-refractivity contribution in [1.29, 1.82) is 0 Å². The van der Waals surface area contributed by atoms with Crippen molar-refractivity contribution in [1.82, 2.24) is 9.88 Å². The van der Waals surface area contributed by atoms with E-state index >= 15 is 0 Å². The molecule has 2 fully saturated rings. The number of hydrogen-bond acceptors (Lipinski definition) is 5. The molecule has 3 heterocycles. The van der Waals surface area contributed by atoms with E-state index in [4.69, 9.17) is 14.2 Å². The molecule has 1 N–H and O–H groups in total. The highest BCUT2D eigenvalue weighted by Gasteiger charge is 2.65. The van der Waals surface area contributed by atoms with Crippen molar-refractivity contribution in [3.05, 3.63) is 48.7 Å². The largest absolute Gasteiger partial charge is 0.468 e. The van der Waals surface area contributed by atoms with Gasteiger partial charge in [0.25, 0.3) is 0 Å². The van der Waals surface area contributed by atoms with E-state index in [1.54, 1.807) is 17.9 Å². The molecule has 2 aromatic rings. The van der Waals surface area contributed by atoms with Crippen molar-refractivity contribution in [3.8, 4) is 0 Å². The van der Waals surface area contributed by atoms with E-state index in [1.807, 2.05) is 30.3 Å². The number of methoxy groups -OCH3 is 1. The van der Waals surface area contributed by atoms with Gasteiger partial charge < -0.3 is 24.1 Å². The van der Waals surface area contributed by atoms with Crippen molar-refractivity contribution >= 4 is 23.0 Å². The number of piperidine rings is 1. The van der Waals surface area contributed by atoms with Crippen LogP contribution in [0.4, 0.5) is 4.79 Å². The lowest BCUT2D eigenvalue weighted by atomic mass is 9.65. The minimum absolute atomic E-state index is 0.153. The number of nitrogens with one attached hydrogen (secondary N) is 1. The van der Waals surface area contributed by atoms with Crippen LogP contribution in [-0.2, 0) is 24.4 Å². The van der Waals surface area contributed by atoms with Crippen LogP contribution in [0.2, 0.25) is 0 Å². The number of amides is 1. The maximum absolute atomic E-state index is 13.2. The topological polar surface area (TPSA) is 80.9 Å². The number of carbonyl (C=O) groups is 2. The van der Waals surface area contributed by atoms with Gasteiger partial charge in [-0.25, -0.2) is 4.79 Å². The Bertz CT molecular complexity index is 921. The van der Waals surface area contributed by atoms with Gasteiger partial charge in [-0.15, -0.1) is 6.58 Å². The van der Waals surface area contributed by atoms with Gasteiger partial charge in [0.05, 0.1) is 26.9 Å². The van der Waals surface area contributed by atoms with Crippen molar-refractivity contribution in [2.45, 2.75) is 24.4 Å². The number of nitrogens with zero attached hydrogens (tertiary/aromatic N) is 1. The fraction of sp³-hybridized carbons (Fsp3) is 0.455. The van der Waals surface area contributed by atoms with E-state index in [1.165, 1.54) is 7.11 Å². The summed E-state index contributed by atoms with van der Waals surface area (Å²) in [4.78, 5) is 30.5. The smallest absolute Gasteiger partial charge is 0.409 e. The molecule has 3 atom stereocenters. The van der Waals surface area contributed by atoms with Gasteiger partial charge in [-0.3, -0.25) is 4.79 Å². The summed E-state index contributed by atoms with van der Waals surface area (Å²) in [6.07, 6.45) is 1.91. The SMILES string of the molecule is C=C[C@@]12CN(C(=O)OCC)CC[C@@H]1[C@](C(=O)OC)(c1cc3ccccc3[nH]1)CO2. The second-order valence-electron chi connectivity index (χ2n) is 7.64. The van der Waals surface area contributed by atoms with Gasteiger partial charge in [-0.2, -0.15) is 0 Å². The lowest BCUT2D eigenvalue weighted by Crippen LogP contribution is -2.58. The van der Waals surface area contributed by atoms with E-state index in [9.17, 15) is 9.59 Å². The summed E-state index contributed by atoms with van der Waals surface area (Å²) in [6, 6.07) is 9.88. The molecule has 1 aromatic carbocycles. The first-order chi connectivity index (χ1) is 14.0. The number of hydrogen-bond donors (Lipinski definition) is 1. The van der Waals surface area contributed by atoms with Gasteiger partial charge in [-0.1, -0.05) is 24.3 Å². The molecule has 0 aliphatic carbocycles. The molecule has 2 aliphatic heterocycles. The van der Waals surface area contributed by atoms with Crippen molar-refractivity contribution in [3.63, 3.8) is 0 Å². The van der Waals surface area contributed by atoms with Gasteiger partial charge in [0, 0.05) is 23.7 Å². The second-order valence-corrected chi connectivity index (χ2v) is 7.64. The number of aromatic amines is 1. The molecule has 154 valence electrons. The number of esters is 1. The molecule has 0 bridgehead atoms. The summed E-state index contributed by atoms with van der Waals surface area (Å²) < 4.78 is 16.7. The van der Waals surface area contributed by atoms with Crippen molar-refractivity contribution in [2.24, 2.45) is 5.92 Å². The van der Waals surface area contributed by atoms with Crippen LogP contribution < -0.4 is 0 Å². The van der Waals surface area contributed by atoms with E-state index in [0.29, 0.717) is 26.1 Å². The fourth-order valence-corrected chi connectivity index (χ4v) is 4.88. The van der Waals surface area contributed by atoms with E-state index in [0.717, 1.165) is 16.6 Å². The van der Waals surface area contributed by atoms with Gasteiger partial charge >= 0.3 is 12.1 Å². The average molecular weight is 398 g/mol. The molecule has 1 amide bonds. The zero-order valence-corrected chi connectivity index (χ0v) is 16.8. The van der Waals surface area contributed by atoms with Crippen LogP contribution >= 0.6 is 0 Å². The number of carbonyl (C=O) groups excluding carboxylic acids is 2. The summed E-state index contributed by atoms with van der Waals surface area (Å²) >= 11 is 0. The highest BCUT2D eigenvalue weighted by atomic mass is 16.6. The van der Waals surface area contributed by atoms with Crippen LogP contribution in [0.25, 0.3) is 10.9 Å². The maximum atomic E-state index is 13.2. The number of fused-ring (bicyclic) bond motifs is 2. The molecule has 1 aromatic heterocycles. The minimum Gasteiger partial charge on any atom is -0.468 e. The summed E-state index contributed by atoms with van der Waals surface area (Å²) in [6.45, 7) is 6.98. The average Bonchev–Trinajstić information content (AvgIpc) is 3.33. The summed E-state index contributed by atoms with van der Waals surface area (Å²) in [5.41, 5.74) is -0.131. The molecule has 0 saturated carbocycles. The predicted molar refractivity (Wildman–Crippen MR) is 108 cm³/mol. The molecular weight excluding hydrogens is 372 g/mol. The molecule has 0 radical (unpaired) electrons. The Hall–Kier alpha value is -2.80. The molecule has 7 nitrogen and oxygen atoms in total. The lowest BCUT2D eigenvalue weighted by Gasteiger charge is -2.44. The summed E-state index contributed by atoms with van der Waals surface area (Å²) in [5, 5.41) is 1.02. The van der Waals surface area contributed by atoms with E-state index in [-0.39, 0.29) is 24.6 Å². The maximum Gasteiger partial charge on any atom is 0.409 e. The normalized spacial score (nSPS) is 28.8. The minimum atomic E-state index is -0.997. The fourth-order valence-electron chi connectivity index (χ4n) is 4.88. The number of rotatable bonds is 4. The molecule has 2 saturated heterocycles. The van der Waals surface area contributed by atoms with E-state index in [2.05, 4.69) is 11.6 Å². The number of likely N-dealkylation sites (tertiary alicyclic amines) is 1. The van der Waals surface area contributed by atoms with Crippen LogP contribution in [0.5, 0.6) is 0 Å². The van der Waals surface area contributed by atoms with Gasteiger partial charge in [0.15, 0.2) is 0 Å². The van der Waals surface area contributed by atoms with Gasteiger partial charge in [-0.05, 0) is 30.9 Å². The Morgan fingerprint density at radius 2 is 2.21 bits per heavy atom. The number of H-pyrrole nitrogens is 1. The summed E-state index contributed by atoms with van der Waals surface area (Å²) in [5.74, 6) is -0.568. The standard InChI is InChI=1S/C22H26N2O5/c1-4-21-13-24(20(26)28-5-2)11-10-17(21)22(14-29-21,19(25)27-3)18-12-15-8-6-7-9-16(15)23-18/h4,6-9,12,17,23H,1,5,10-11,13-14H2,2-3H3/t17-,21+,22-/m0/s1. The third-order valence-electron chi connectivity index (χ3n) is 6.31. The number of benzene rings is 1. The number of para-hydroxylation sites is 1. The van der Waals surface area contributed by atoms with Crippen LogP contribution in [0.1, 0.15) is 19.0 Å². The lowest BCUT2D eigenvalue weighted by molar-refractivity contribution is -0.149. The molecule has 0 unspecified atom stereocenters. The second kappa shape index (κ2) is 7.22. The Morgan fingerprint density at radius 1 is 1.41 bits per heavy atom. The van der Waals surface area contributed by atoms with Crippen LogP contribution in [0.3, 0.4) is 0 Å². The van der Waals surface area contributed by atoms with Crippen LogP contribution in [-0.4, -0.2) is 61.0 Å². The first kappa shape index (κ1) is 19.5.